The van der Waals surface area contributed by atoms with E-state index in [0.29, 0.717) is 11.5 Å². The van der Waals surface area contributed by atoms with Crippen LogP contribution in [0.15, 0.2) is 12.5 Å². The monoisotopic (exact) mass is 150 g/mol. The molecule has 0 aliphatic carbocycles. The molecule has 1 rings (SSSR count). The van der Waals surface area contributed by atoms with E-state index in [9.17, 15) is 0 Å². The second-order valence-electron chi connectivity index (χ2n) is 2.16. The van der Waals surface area contributed by atoms with Crippen molar-refractivity contribution in [3.8, 4) is 0 Å². The fraction of sp³-hybridized carbons (Fsp3) is 0.286. The van der Waals surface area contributed by atoms with E-state index >= 15 is 0 Å². The van der Waals surface area contributed by atoms with E-state index in [1.165, 1.54) is 6.33 Å². The quantitative estimate of drug-likeness (QED) is 0.616. The van der Waals surface area contributed by atoms with Crippen LogP contribution in [-0.2, 0) is 0 Å². The van der Waals surface area contributed by atoms with Gasteiger partial charge in [0.25, 0.3) is 0 Å². The third-order valence-corrected chi connectivity index (χ3v) is 1.35. The average molecular weight is 150 g/mol. The minimum Gasteiger partial charge on any atom is -0.372 e. The van der Waals surface area contributed by atoms with Crippen LogP contribution in [0.3, 0.4) is 0 Å². The highest BCUT2D eigenvalue weighted by Gasteiger charge is 2.02. The Labute approximate surface area is 65.2 Å². The molecule has 11 heavy (non-hydrogen) atoms. The molecule has 0 amide bonds. The first-order valence-electron chi connectivity index (χ1n) is 3.29. The Hall–Kier alpha value is -1.45. The molecule has 0 unspecified atom stereocenters. The third-order valence-electron chi connectivity index (χ3n) is 1.35. The summed E-state index contributed by atoms with van der Waals surface area (Å²) in [6.07, 6.45) is 3.08. The van der Waals surface area contributed by atoms with E-state index in [1.54, 1.807) is 20.2 Å². The summed E-state index contributed by atoms with van der Waals surface area (Å²) in [4.78, 5) is 7.78. The highest BCUT2D eigenvalue weighted by molar-refractivity contribution is 6.00. The molecule has 4 nitrogen and oxygen atoms in total. The maximum absolute atomic E-state index is 7.36. The van der Waals surface area contributed by atoms with Crippen molar-refractivity contribution in [2.75, 3.05) is 12.4 Å². The lowest BCUT2D eigenvalue weighted by Crippen LogP contribution is -2.02. The van der Waals surface area contributed by atoms with Crippen LogP contribution in [0.4, 0.5) is 5.82 Å². The summed E-state index contributed by atoms with van der Waals surface area (Å²) in [7, 11) is 1.77. The minimum atomic E-state index is 0.468. The normalized spacial score (nSPS) is 9.27. The summed E-state index contributed by atoms with van der Waals surface area (Å²) in [6, 6.07) is 0. The number of rotatable bonds is 2. The number of nitrogens with one attached hydrogen (secondary N) is 2. The van der Waals surface area contributed by atoms with E-state index < -0.39 is 0 Å². The summed E-state index contributed by atoms with van der Waals surface area (Å²) < 4.78 is 0. The molecule has 0 spiro atoms. The fourth-order valence-corrected chi connectivity index (χ4v) is 0.803. The molecule has 0 saturated heterocycles. The molecule has 1 aromatic rings. The molecule has 1 heterocycles. The lowest BCUT2D eigenvalue weighted by molar-refractivity contribution is 1.14. The smallest absolute Gasteiger partial charge is 0.138 e. The van der Waals surface area contributed by atoms with Crippen LogP contribution >= 0.6 is 0 Å². The number of hydrogen-bond acceptors (Lipinski definition) is 4. The zero-order chi connectivity index (χ0) is 8.27. The third kappa shape index (κ3) is 1.52. The second-order valence-corrected chi connectivity index (χ2v) is 2.16. The van der Waals surface area contributed by atoms with Crippen LogP contribution in [-0.4, -0.2) is 22.7 Å². The Balaban J connectivity index is 3.12. The van der Waals surface area contributed by atoms with Crippen molar-refractivity contribution in [1.82, 2.24) is 9.97 Å². The van der Waals surface area contributed by atoms with Crippen LogP contribution < -0.4 is 5.32 Å². The molecule has 0 radical (unpaired) electrons. The summed E-state index contributed by atoms with van der Waals surface area (Å²) in [6.45, 7) is 1.71. The van der Waals surface area contributed by atoms with E-state index in [4.69, 9.17) is 5.41 Å². The summed E-state index contributed by atoms with van der Waals surface area (Å²) in [5.41, 5.74) is 1.21. The molecule has 58 valence electrons. The van der Waals surface area contributed by atoms with Gasteiger partial charge < -0.3 is 10.7 Å². The fourth-order valence-electron chi connectivity index (χ4n) is 0.803. The first-order valence-corrected chi connectivity index (χ1v) is 3.29. The Bertz CT molecular complexity index is 269. The average Bonchev–Trinajstić information content (AvgIpc) is 2.04. The largest absolute Gasteiger partial charge is 0.372 e. The SMILES string of the molecule is CNc1ncncc1C(C)=N. The highest BCUT2D eigenvalue weighted by atomic mass is 15.0. The number of nitrogens with zero attached hydrogens (tertiary/aromatic N) is 2. The summed E-state index contributed by atoms with van der Waals surface area (Å²) >= 11 is 0. The van der Waals surface area contributed by atoms with Gasteiger partial charge in [0.2, 0.25) is 0 Å². The van der Waals surface area contributed by atoms with Crippen LogP contribution in [0, 0.1) is 5.41 Å². The summed E-state index contributed by atoms with van der Waals surface area (Å²) in [5, 5.41) is 10.2. The number of hydrogen-bond donors (Lipinski definition) is 2. The van der Waals surface area contributed by atoms with Crippen molar-refractivity contribution in [3.63, 3.8) is 0 Å². The predicted octanol–water partition coefficient (Wildman–Crippen LogP) is 0.906. The molecular weight excluding hydrogens is 140 g/mol. The van der Waals surface area contributed by atoms with Gasteiger partial charge in [0.1, 0.15) is 12.1 Å². The van der Waals surface area contributed by atoms with Crippen LogP contribution in [0.5, 0.6) is 0 Å². The molecule has 0 aromatic carbocycles. The van der Waals surface area contributed by atoms with Crippen LogP contribution in [0.2, 0.25) is 0 Å². The lowest BCUT2D eigenvalue weighted by Gasteiger charge is -2.03. The summed E-state index contributed by atoms with van der Waals surface area (Å²) in [5.74, 6) is 0.701. The standard InChI is InChI=1S/C7H10N4/c1-5(8)6-3-10-4-11-7(6)9-2/h3-4,8H,1-2H3,(H,9,10,11). The molecule has 0 bridgehead atoms. The Morgan fingerprint density at radius 1 is 1.64 bits per heavy atom. The van der Waals surface area contributed by atoms with E-state index in [1.807, 2.05) is 0 Å². The zero-order valence-corrected chi connectivity index (χ0v) is 6.55. The first-order chi connectivity index (χ1) is 5.25. The van der Waals surface area contributed by atoms with Gasteiger partial charge in [0.05, 0.1) is 5.56 Å². The van der Waals surface area contributed by atoms with Gasteiger partial charge in [-0.3, -0.25) is 0 Å². The van der Waals surface area contributed by atoms with Crippen LogP contribution in [0.25, 0.3) is 0 Å². The molecule has 0 atom stereocenters. The topological polar surface area (TPSA) is 61.7 Å². The number of aromatic nitrogens is 2. The van der Waals surface area contributed by atoms with Crippen molar-refractivity contribution < 1.29 is 0 Å². The lowest BCUT2D eigenvalue weighted by atomic mass is 10.2. The molecule has 2 N–H and O–H groups in total. The van der Waals surface area contributed by atoms with E-state index in [0.717, 1.165) is 5.56 Å². The van der Waals surface area contributed by atoms with Gasteiger partial charge >= 0.3 is 0 Å². The van der Waals surface area contributed by atoms with Gasteiger partial charge in [-0.2, -0.15) is 0 Å². The molecule has 1 aromatic heterocycles. The van der Waals surface area contributed by atoms with Gasteiger partial charge in [-0.15, -0.1) is 0 Å². The maximum Gasteiger partial charge on any atom is 0.138 e. The predicted molar refractivity (Wildman–Crippen MR) is 44.1 cm³/mol. The van der Waals surface area contributed by atoms with Crippen molar-refractivity contribution in [2.45, 2.75) is 6.92 Å². The van der Waals surface area contributed by atoms with Gasteiger partial charge in [-0.25, -0.2) is 9.97 Å². The van der Waals surface area contributed by atoms with Crippen molar-refractivity contribution in [3.05, 3.63) is 18.1 Å². The van der Waals surface area contributed by atoms with Gasteiger partial charge in [-0.05, 0) is 6.92 Å². The zero-order valence-electron chi connectivity index (χ0n) is 6.55. The van der Waals surface area contributed by atoms with Crippen molar-refractivity contribution in [2.24, 2.45) is 0 Å². The molecule has 0 aliphatic rings. The Morgan fingerprint density at radius 3 is 2.82 bits per heavy atom. The van der Waals surface area contributed by atoms with E-state index in [2.05, 4.69) is 15.3 Å². The van der Waals surface area contributed by atoms with Crippen LogP contribution in [0.1, 0.15) is 12.5 Å². The molecule has 0 saturated carbocycles. The maximum atomic E-state index is 7.36. The number of anilines is 1. The molecule has 0 aliphatic heterocycles. The van der Waals surface area contributed by atoms with E-state index in [-0.39, 0.29) is 0 Å². The molecule has 4 heteroatoms. The van der Waals surface area contributed by atoms with Gasteiger partial charge in [0, 0.05) is 19.0 Å². The minimum absolute atomic E-state index is 0.468. The molecule has 0 fully saturated rings. The second kappa shape index (κ2) is 3.09. The Kier molecular flexibility index (Phi) is 2.15. The van der Waals surface area contributed by atoms with Gasteiger partial charge in [-0.1, -0.05) is 0 Å². The highest BCUT2D eigenvalue weighted by Crippen LogP contribution is 2.08. The van der Waals surface area contributed by atoms with Gasteiger partial charge in [0.15, 0.2) is 0 Å². The molecular formula is C7H10N4. The van der Waals surface area contributed by atoms with Crippen molar-refractivity contribution in [1.29, 1.82) is 5.41 Å². The van der Waals surface area contributed by atoms with Crippen molar-refractivity contribution >= 4 is 11.5 Å². The first kappa shape index (κ1) is 7.65. The Morgan fingerprint density at radius 2 is 2.36 bits per heavy atom.